The number of hydrogen-bond donors (Lipinski definition) is 4. The van der Waals surface area contributed by atoms with Crippen LogP contribution in [0.1, 0.15) is 83.5 Å². The second-order valence-corrected chi connectivity index (χ2v) is 9.44. The van der Waals surface area contributed by atoms with E-state index in [1.54, 1.807) is 0 Å². The fraction of sp³-hybridized carbons (Fsp3) is 0.867. The summed E-state index contributed by atoms with van der Waals surface area (Å²) in [5.74, 6) is 0. The minimum atomic E-state index is -4.55. The van der Waals surface area contributed by atoms with Crippen molar-refractivity contribution in [3.05, 3.63) is 0 Å². The second kappa shape index (κ2) is 12.9. The molecular weight excluding hydrogens is 370 g/mol. The zero-order chi connectivity index (χ0) is 19.3. The van der Waals surface area contributed by atoms with Crippen LogP contribution in [0.15, 0.2) is 0 Å². The highest BCUT2D eigenvalue weighted by Gasteiger charge is 2.24. The molecule has 10 heteroatoms. The Morgan fingerprint density at radius 3 is 0.880 bits per heavy atom. The maximum atomic E-state index is 11.0. The molecule has 0 fully saturated rings. The van der Waals surface area contributed by atoms with Gasteiger partial charge in [0.1, 0.15) is 0 Å². The predicted molar refractivity (Wildman–Crippen MR) is 94.1 cm³/mol. The lowest BCUT2D eigenvalue weighted by atomic mass is 10.0. The van der Waals surface area contributed by atoms with Gasteiger partial charge in [0.15, 0.2) is 0 Å². The summed E-state index contributed by atoms with van der Waals surface area (Å²) < 4.78 is 21.3. The van der Waals surface area contributed by atoms with Gasteiger partial charge in [0, 0.05) is 12.8 Å². The van der Waals surface area contributed by atoms with Crippen molar-refractivity contribution in [1.29, 1.82) is 0 Å². The first-order chi connectivity index (χ1) is 11.5. The molecule has 0 atom stereocenters. The SMILES string of the molecule is O=C(CCCCCCCCCCCCCC(=O)P(=O)(O)O)P(=O)(O)O. The first-order valence-electron chi connectivity index (χ1n) is 8.73. The maximum absolute atomic E-state index is 11.0. The summed E-state index contributed by atoms with van der Waals surface area (Å²) in [4.78, 5) is 56.6. The highest BCUT2D eigenvalue weighted by Crippen LogP contribution is 2.38. The topological polar surface area (TPSA) is 149 Å². The molecule has 0 amide bonds. The Balaban J connectivity index is 3.32. The van der Waals surface area contributed by atoms with Crippen LogP contribution in [0.25, 0.3) is 0 Å². The van der Waals surface area contributed by atoms with Gasteiger partial charge in [0.25, 0.3) is 0 Å². The summed E-state index contributed by atoms with van der Waals surface area (Å²) >= 11 is 0. The molecule has 0 unspecified atom stereocenters. The molecule has 0 aliphatic heterocycles. The van der Waals surface area contributed by atoms with Crippen LogP contribution in [0.5, 0.6) is 0 Å². The van der Waals surface area contributed by atoms with Gasteiger partial charge >= 0.3 is 15.2 Å². The summed E-state index contributed by atoms with van der Waals surface area (Å²) in [7, 11) is -9.10. The molecule has 0 aliphatic carbocycles. The van der Waals surface area contributed by atoms with E-state index >= 15 is 0 Å². The van der Waals surface area contributed by atoms with Crippen LogP contribution in [0.2, 0.25) is 0 Å². The van der Waals surface area contributed by atoms with E-state index in [0.29, 0.717) is 12.8 Å². The lowest BCUT2D eigenvalue weighted by molar-refractivity contribution is -0.114. The summed E-state index contributed by atoms with van der Waals surface area (Å²) in [5.41, 5.74) is -1.95. The summed E-state index contributed by atoms with van der Waals surface area (Å²) in [5, 5.41) is 0. The molecule has 0 saturated heterocycles. The zero-order valence-electron chi connectivity index (χ0n) is 14.5. The van der Waals surface area contributed by atoms with Crippen molar-refractivity contribution in [2.24, 2.45) is 0 Å². The monoisotopic (exact) mass is 400 g/mol. The Morgan fingerprint density at radius 2 is 0.680 bits per heavy atom. The van der Waals surface area contributed by atoms with Gasteiger partial charge in [-0.25, -0.2) is 0 Å². The van der Waals surface area contributed by atoms with Crippen molar-refractivity contribution < 1.29 is 38.3 Å². The van der Waals surface area contributed by atoms with Crippen LogP contribution in [-0.4, -0.2) is 30.6 Å². The minimum absolute atomic E-state index is 0.0607. The Labute approximate surface area is 148 Å². The highest BCUT2D eigenvalue weighted by atomic mass is 31.2. The Hall–Kier alpha value is -0.360. The third kappa shape index (κ3) is 14.5. The molecular formula is C15H30O8P2. The molecule has 0 radical (unpaired) electrons. The molecule has 0 aromatic heterocycles. The number of carbonyl (C=O) groups is 2. The van der Waals surface area contributed by atoms with Crippen LogP contribution in [0.4, 0.5) is 0 Å². The normalized spacial score (nSPS) is 12.3. The zero-order valence-corrected chi connectivity index (χ0v) is 16.3. The molecule has 0 aromatic rings. The Kier molecular flexibility index (Phi) is 12.7. The number of hydrogen-bond acceptors (Lipinski definition) is 4. The fourth-order valence-corrected chi connectivity index (χ4v) is 3.33. The standard InChI is InChI=1S/C15H30O8P2/c16-14(24(18,19)20)12-10-8-6-4-2-1-3-5-7-9-11-13-15(17)25(21,22)23/h1-13H2,(H2,18,19,20)(H2,21,22,23). The summed E-state index contributed by atoms with van der Waals surface area (Å²) in [6.07, 6.45) is 9.66. The van der Waals surface area contributed by atoms with Crippen molar-refractivity contribution in [1.82, 2.24) is 0 Å². The molecule has 148 valence electrons. The highest BCUT2D eigenvalue weighted by molar-refractivity contribution is 7.70. The van der Waals surface area contributed by atoms with E-state index in [0.717, 1.165) is 57.8 Å². The van der Waals surface area contributed by atoms with Gasteiger partial charge < -0.3 is 19.6 Å². The van der Waals surface area contributed by atoms with Gasteiger partial charge in [-0.1, -0.05) is 57.8 Å². The van der Waals surface area contributed by atoms with Gasteiger partial charge in [-0.3, -0.25) is 18.7 Å². The van der Waals surface area contributed by atoms with Gasteiger partial charge in [-0.2, -0.15) is 0 Å². The van der Waals surface area contributed by atoms with Crippen molar-refractivity contribution in [3.8, 4) is 0 Å². The summed E-state index contributed by atoms with van der Waals surface area (Å²) in [6, 6.07) is 0. The van der Waals surface area contributed by atoms with Gasteiger partial charge in [-0.05, 0) is 12.8 Å². The quantitative estimate of drug-likeness (QED) is 0.227. The molecule has 0 heterocycles. The third-order valence-electron chi connectivity index (χ3n) is 3.93. The van der Waals surface area contributed by atoms with Crippen LogP contribution < -0.4 is 0 Å². The Morgan fingerprint density at radius 1 is 0.480 bits per heavy atom. The first kappa shape index (κ1) is 24.6. The van der Waals surface area contributed by atoms with Gasteiger partial charge in [0.05, 0.1) is 0 Å². The van der Waals surface area contributed by atoms with Crippen molar-refractivity contribution in [2.45, 2.75) is 83.5 Å². The molecule has 4 N–H and O–H groups in total. The second-order valence-electron chi connectivity index (χ2n) is 6.26. The van der Waals surface area contributed by atoms with Crippen LogP contribution in [-0.2, 0) is 18.7 Å². The minimum Gasteiger partial charge on any atom is -0.319 e. The van der Waals surface area contributed by atoms with Crippen molar-refractivity contribution in [2.75, 3.05) is 0 Å². The molecule has 8 nitrogen and oxygen atoms in total. The molecule has 0 aliphatic rings. The lowest BCUT2D eigenvalue weighted by Gasteiger charge is -2.04. The molecule has 25 heavy (non-hydrogen) atoms. The van der Waals surface area contributed by atoms with E-state index in [9.17, 15) is 18.7 Å². The maximum Gasteiger partial charge on any atom is 0.391 e. The molecule has 0 rings (SSSR count). The fourth-order valence-electron chi connectivity index (χ4n) is 2.43. The largest absolute Gasteiger partial charge is 0.391 e. The summed E-state index contributed by atoms with van der Waals surface area (Å²) in [6.45, 7) is 0. The average Bonchev–Trinajstić information content (AvgIpc) is 2.49. The molecule has 0 aromatic carbocycles. The lowest BCUT2D eigenvalue weighted by Crippen LogP contribution is -1.98. The first-order valence-corrected chi connectivity index (χ1v) is 12.0. The van der Waals surface area contributed by atoms with Crippen LogP contribution in [0.3, 0.4) is 0 Å². The average molecular weight is 400 g/mol. The predicted octanol–water partition coefficient (Wildman–Crippen LogP) is 3.47. The third-order valence-corrected chi connectivity index (χ3v) is 5.68. The van der Waals surface area contributed by atoms with Gasteiger partial charge in [0.2, 0.25) is 11.0 Å². The van der Waals surface area contributed by atoms with E-state index in [2.05, 4.69) is 0 Å². The molecule has 0 spiro atoms. The number of carbonyl (C=O) groups excluding carboxylic acids is 2. The Bertz CT molecular complexity index is 450. The van der Waals surface area contributed by atoms with E-state index in [-0.39, 0.29) is 12.8 Å². The molecule has 0 saturated carbocycles. The van der Waals surface area contributed by atoms with E-state index in [4.69, 9.17) is 19.6 Å². The smallest absolute Gasteiger partial charge is 0.319 e. The number of unbranched alkanes of at least 4 members (excludes halogenated alkanes) is 10. The van der Waals surface area contributed by atoms with E-state index in [1.165, 1.54) is 0 Å². The van der Waals surface area contributed by atoms with Crippen molar-refractivity contribution in [3.63, 3.8) is 0 Å². The van der Waals surface area contributed by atoms with Gasteiger partial charge in [-0.15, -0.1) is 0 Å². The van der Waals surface area contributed by atoms with E-state index in [1.807, 2.05) is 0 Å². The van der Waals surface area contributed by atoms with E-state index < -0.39 is 26.2 Å². The van der Waals surface area contributed by atoms with Crippen LogP contribution in [0, 0.1) is 0 Å². The van der Waals surface area contributed by atoms with Crippen molar-refractivity contribution >= 4 is 26.2 Å². The molecule has 0 bridgehead atoms. The number of rotatable bonds is 16. The van der Waals surface area contributed by atoms with Crippen LogP contribution >= 0.6 is 15.2 Å².